The molecule has 3 fully saturated rings. The van der Waals surface area contributed by atoms with Gasteiger partial charge in [0, 0.05) is 6.54 Å². The van der Waals surface area contributed by atoms with Crippen molar-refractivity contribution >= 4 is 29.5 Å². The Morgan fingerprint density at radius 1 is 0.957 bits per heavy atom. The number of rotatable bonds is 13. The summed E-state index contributed by atoms with van der Waals surface area (Å²) in [7, 11) is 0. The molecule has 5 amide bonds. The smallest absolute Gasteiger partial charge is 0.315 e. The highest BCUT2D eigenvalue weighted by atomic mass is 16.5. The summed E-state index contributed by atoms with van der Waals surface area (Å²) in [4.78, 5) is 67.6. The molecule has 11 nitrogen and oxygen atoms in total. The molecule has 1 unspecified atom stereocenters. The summed E-state index contributed by atoms with van der Waals surface area (Å²) >= 11 is 0. The molecule has 0 radical (unpaired) electrons. The summed E-state index contributed by atoms with van der Waals surface area (Å²) in [6, 6.07) is 6.14. The highest BCUT2D eigenvalue weighted by Crippen LogP contribution is 2.65. The van der Waals surface area contributed by atoms with E-state index in [-0.39, 0.29) is 47.1 Å². The number of hydrogen-bond acceptors (Lipinski definition) is 6. The van der Waals surface area contributed by atoms with E-state index in [1.165, 1.54) is 0 Å². The van der Waals surface area contributed by atoms with E-state index >= 15 is 0 Å². The van der Waals surface area contributed by atoms with Gasteiger partial charge in [0.1, 0.15) is 12.1 Å². The second kappa shape index (κ2) is 13.3. The molecule has 46 heavy (non-hydrogen) atoms. The Morgan fingerprint density at radius 2 is 1.59 bits per heavy atom. The minimum atomic E-state index is -1.09. The van der Waals surface area contributed by atoms with Gasteiger partial charge in [0.25, 0.3) is 5.91 Å². The molecule has 5 N–H and O–H groups in total. The van der Waals surface area contributed by atoms with Crippen molar-refractivity contribution in [2.45, 2.75) is 105 Å². The minimum absolute atomic E-state index is 0.0994. The predicted octanol–water partition coefficient (Wildman–Crippen LogP) is 3.15. The number of Topliss-reactive ketones (excluding diaryl/α,β-unsaturated/α-hetero) is 1. The Balaban J connectivity index is 1.47. The largest absolute Gasteiger partial charge is 0.375 e. The zero-order valence-electron chi connectivity index (χ0n) is 28.6. The van der Waals surface area contributed by atoms with Crippen molar-refractivity contribution in [1.29, 1.82) is 0 Å². The molecular formula is C35H53N5O6. The van der Waals surface area contributed by atoms with Gasteiger partial charge in [-0.2, -0.15) is 0 Å². The van der Waals surface area contributed by atoms with E-state index in [0.717, 1.165) is 18.4 Å². The third-order valence-corrected chi connectivity index (χ3v) is 10.0. The maximum absolute atomic E-state index is 14.3. The number of fused-ring (bicyclic) bond motifs is 1. The topological polar surface area (TPSA) is 160 Å². The van der Waals surface area contributed by atoms with E-state index in [0.29, 0.717) is 19.6 Å². The predicted molar refractivity (Wildman–Crippen MR) is 174 cm³/mol. The molecule has 2 saturated carbocycles. The number of likely N-dealkylation sites (tertiary alicyclic amines) is 1. The van der Waals surface area contributed by atoms with Crippen molar-refractivity contribution in [1.82, 2.24) is 20.9 Å². The van der Waals surface area contributed by atoms with Crippen LogP contribution in [0.3, 0.4) is 0 Å². The van der Waals surface area contributed by atoms with E-state index in [2.05, 4.69) is 29.8 Å². The average molecular weight is 640 g/mol. The molecule has 1 aliphatic heterocycles. The fraction of sp³-hybridized carbons (Fsp3) is 0.686. The molecule has 2 aliphatic carbocycles. The van der Waals surface area contributed by atoms with E-state index in [1.54, 1.807) is 4.90 Å². The number of carbonyl (C=O) groups is 5. The number of primary amides is 1. The molecule has 1 heterocycles. The van der Waals surface area contributed by atoms with Crippen molar-refractivity contribution < 1.29 is 28.7 Å². The quantitative estimate of drug-likeness (QED) is 0.243. The van der Waals surface area contributed by atoms with E-state index < -0.39 is 47.2 Å². The summed E-state index contributed by atoms with van der Waals surface area (Å²) in [6.07, 6.45) is 2.21. The van der Waals surface area contributed by atoms with Crippen LogP contribution in [-0.4, -0.2) is 71.8 Å². The number of hydrogen-bond donors (Lipinski definition) is 4. The van der Waals surface area contributed by atoms with Crippen LogP contribution < -0.4 is 21.7 Å². The van der Waals surface area contributed by atoms with Crippen molar-refractivity contribution in [3.63, 3.8) is 0 Å². The fourth-order valence-electron chi connectivity index (χ4n) is 6.68. The van der Waals surface area contributed by atoms with Gasteiger partial charge in [0.05, 0.1) is 25.3 Å². The summed E-state index contributed by atoms with van der Waals surface area (Å²) in [6.45, 7) is 16.8. The van der Waals surface area contributed by atoms with Gasteiger partial charge in [-0.15, -0.1) is 0 Å². The van der Waals surface area contributed by atoms with Crippen LogP contribution in [0.4, 0.5) is 4.79 Å². The van der Waals surface area contributed by atoms with Gasteiger partial charge in [-0.3, -0.25) is 19.2 Å². The number of nitrogens with one attached hydrogen (secondary N) is 3. The van der Waals surface area contributed by atoms with Gasteiger partial charge in [-0.1, -0.05) is 98.6 Å². The second-order valence-corrected chi connectivity index (χ2v) is 16.2. The van der Waals surface area contributed by atoms with Crippen LogP contribution in [-0.2, 0) is 30.5 Å². The third kappa shape index (κ3) is 8.27. The molecule has 1 aromatic rings. The SMILES string of the molecule is CC(C)(C)[C@H](NC(=O)N[C@H](COCc1ccccc1)C(C)(C)C)C(=O)N1C[C@H]2[C@@H]([C@H]1C(=O)NC(CC1CC1)C(=O)C(N)=O)C2(C)C. The summed E-state index contributed by atoms with van der Waals surface area (Å²) in [5.74, 6) is -2.49. The number of amides is 5. The van der Waals surface area contributed by atoms with Gasteiger partial charge in [-0.05, 0) is 46.0 Å². The van der Waals surface area contributed by atoms with Crippen LogP contribution in [0.2, 0.25) is 0 Å². The van der Waals surface area contributed by atoms with Crippen LogP contribution in [0.5, 0.6) is 0 Å². The summed E-state index contributed by atoms with van der Waals surface area (Å²) < 4.78 is 5.96. The van der Waals surface area contributed by atoms with E-state index in [4.69, 9.17) is 10.5 Å². The lowest BCUT2D eigenvalue weighted by atomic mass is 9.85. The first-order chi connectivity index (χ1) is 21.3. The van der Waals surface area contributed by atoms with Gasteiger partial charge in [0.15, 0.2) is 0 Å². The Hall–Kier alpha value is -3.47. The Bertz CT molecular complexity index is 1310. The van der Waals surface area contributed by atoms with Crippen LogP contribution in [0.15, 0.2) is 30.3 Å². The fourth-order valence-corrected chi connectivity index (χ4v) is 6.68. The first kappa shape index (κ1) is 35.4. The van der Waals surface area contributed by atoms with Crippen molar-refractivity contribution in [3.05, 3.63) is 35.9 Å². The second-order valence-electron chi connectivity index (χ2n) is 16.2. The van der Waals surface area contributed by atoms with Crippen LogP contribution in [0.25, 0.3) is 0 Å². The number of ketones is 1. The number of urea groups is 1. The first-order valence-corrected chi connectivity index (χ1v) is 16.5. The molecule has 254 valence electrons. The molecule has 3 aliphatic rings. The lowest BCUT2D eigenvalue weighted by Gasteiger charge is -2.38. The normalized spacial score (nSPS) is 23.8. The van der Waals surface area contributed by atoms with E-state index in [1.807, 2.05) is 71.9 Å². The van der Waals surface area contributed by atoms with Gasteiger partial charge in [0.2, 0.25) is 17.6 Å². The van der Waals surface area contributed by atoms with Crippen LogP contribution >= 0.6 is 0 Å². The van der Waals surface area contributed by atoms with Crippen molar-refractivity contribution in [2.75, 3.05) is 13.2 Å². The maximum Gasteiger partial charge on any atom is 0.315 e. The molecule has 0 bridgehead atoms. The van der Waals surface area contributed by atoms with E-state index in [9.17, 15) is 24.0 Å². The lowest BCUT2D eigenvalue weighted by molar-refractivity contribution is -0.145. The summed E-state index contributed by atoms with van der Waals surface area (Å²) in [5.41, 5.74) is 5.15. The molecule has 0 spiro atoms. The number of ether oxygens (including phenoxy) is 1. The number of piperidine rings is 1. The molecule has 4 rings (SSSR count). The number of benzene rings is 1. The van der Waals surface area contributed by atoms with Crippen LogP contribution in [0.1, 0.15) is 80.2 Å². The standard InChI is InChI=1S/C35H53N5O6/c1-33(2,3)24(19-46-18-21-12-10-9-11-13-21)38-32(45)39-28(34(4,5)6)31(44)40-17-22-25(35(22,7)8)26(40)30(43)37-23(16-20-14-15-20)27(41)29(36)42/h9-13,20,22-26,28H,14-19H2,1-8H3,(H2,36,42)(H,37,43)(H2,38,39,45)/t22-,23?,24+,25-,26-,28+/m0/s1. The average Bonchev–Trinajstić information content (AvgIpc) is 3.81. The zero-order chi connectivity index (χ0) is 34.2. The maximum atomic E-state index is 14.3. The molecule has 1 aromatic carbocycles. The highest BCUT2D eigenvalue weighted by Gasteiger charge is 2.70. The number of nitrogens with two attached hydrogens (primary N) is 1. The number of nitrogens with zero attached hydrogens (tertiary/aromatic N) is 1. The Morgan fingerprint density at radius 3 is 2.13 bits per heavy atom. The van der Waals surface area contributed by atoms with Crippen molar-refractivity contribution in [2.24, 2.45) is 39.7 Å². The summed E-state index contributed by atoms with van der Waals surface area (Å²) in [5, 5.41) is 8.73. The van der Waals surface area contributed by atoms with Gasteiger partial charge >= 0.3 is 6.03 Å². The minimum Gasteiger partial charge on any atom is -0.375 e. The lowest BCUT2D eigenvalue weighted by Crippen LogP contribution is -2.62. The van der Waals surface area contributed by atoms with Crippen molar-refractivity contribution in [3.8, 4) is 0 Å². The molecule has 11 heteroatoms. The molecule has 1 saturated heterocycles. The third-order valence-electron chi connectivity index (χ3n) is 10.0. The highest BCUT2D eigenvalue weighted by molar-refractivity contribution is 6.37. The first-order valence-electron chi connectivity index (χ1n) is 16.5. The van der Waals surface area contributed by atoms with Gasteiger partial charge < -0.3 is 31.3 Å². The monoisotopic (exact) mass is 639 g/mol. The van der Waals surface area contributed by atoms with Crippen LogP contribution in [0, 0.1) is 34.0 Å². The molecule has 6 atom stereocenters. The molecular weight excluding hydrogens is 586 g/mol. The Kier molecular flexibility index (Phi) is 10.3. The van der Waals surface area contributed by atoms with Gasteiger partial charge in [-0.25, -0.2) is 4.79 Å². The molecule has 0 aromatic heterocycles. The number of carbonyl (C=O) groups excluding carboxylic acids is 5. The zero-order valence-corrected chi connectivity index (χ0v) is 28.6. The Labute approximate surface area is 273 Å².